The minimum atomic E-state index is 0.00377. The number of ketones is 1. The van der Waals surface area contributed by atoms with E-state index in [2.05, 4.69) is 10.1 Å². The van der Waals surface area contributed by atoms with Gasteiger partial charge in [0.05, 0.1) is 0 Å². The lowest BCUT2D eigenvalue weighted by atomic mass is 10.1. The van der Waals surface area contributed by atoms with Gasteiger partial charge in [-0.2, -0.15) is 5.10 Å². The fraction of sp³-hybridized carbons (Fsp3) is 0.222. The van der Waals surface area contributed by atoms with Gasteiger partial charge >= 0.3 is 0 Å². The van der Waals surface area contributed by atoms with Gasteiger partial charge in [-0.05, 0) is 19.4 Å². The second-order valence-corrected chi connectivity index (χ2v) is 3.43. The Balaban J connectivity index is 2.87. The maximum Gasteiger partial charge on any atom is 0.161 e. The van der Waals surface area contributed by atoms with Gasteiger partial charge in [0.15, 0.2) is 10.9 Å². The Labute approximate surface area is 85.5 Å². The number of rotatable bonds is 1. The molecule has 0 aliphatic rings. The summed E-state index contributed by atoms with van der Waals surface area (Å²) in [4.78, 5) is 15.1. The Morgan fingerprint density at radius 3 is 2.86 bits per heavy atom. The average Bonchev–Trinajstić information content (AvgIpc) is 2.45. The predicted molar refractivity (Wildman–Crippen MR) is 52.7 cm³/mol. The van der Waals surface area contributed by atoms with Gasteiger partial charge < -0.3 is 0 Å². The fourth-order valence-corrected chi connectivity index (χ4v) is 1.74. The monoisotopic (exact) mass is 209 g/mol. The van der Waals surface area contributed by atoms with Crippen molar-refractivity contribution < 1.29 is 4.79 Å². The molecule has 0 bridgehead atoms. The Morgan fingerprint density at radius 1 is 1.57 bits per heavy atom. The second-order valence-electron chi connectivity index (χ2n) is 3.07. The fourth-order valence-electron chi connectivity index (χ4n) is 1.47. The topological polar surface area (TPSA) is 47.3 Å². The zero-order valence-electron chi connectivity index (χ0n) is 7.78. The Morgan fingerprint density at radius 2 is 2.29 bits per heavy atom. The lowest BCUT2D eigenvalue weighted by molar-refractivity contribution is 0.101. The van der Waals surface area contributed by atoms with Crippen molar-refractivity contribution >= 4 is 22.9 Å². The number of Topliss-reactive ketones (excluding diaryl/α,β-unsaturated/α-hetero) is 1. The molecule has 2 aromatic heterocycles. The lowest BCUT2D eigenvalue weighted by Gasteiger charge is -1.95. The molecule has 0 spiro atoms. The molecule has 0 saturated heterocycles. The summed E-state index contributed by atoms with van der Waals surface area (Å²) >= 11 is 5.90. The summed E-state index contributed by atoms with van der Waals surface area (Å²) < 4.78 is 1.57. The minimum absolute atomic E-state index is 0.00377. The van der Waals surface area contributed by atoms with E-state index in [0.717, 1.165) is 5.56 Å². The predicted octanol–water partition coefficient (Wildman–Crippen LogP) is 1.89. The van der Waals surface area contributed by atoms with Crippen LogP contribution >= 0.6 is 11.6 Å². The van der Waals surface area contributed by atoms with Crippen LogP contribution in [0.2, 0.25) is 5.15 Å². The Hall–Kier alpha value is -1.42. The molecule has 5 heteroatoms. The molecular weight excluding hydrogens is 202 g/mol. The standard InChI is InChI=1S/C9H8ClN3O/c1-5-7(6(2)14)3-13-8(5)9(10)11-4-12-13/h3-4H,1-2H3. The number of nitrogens with zero attached hydrogens (tertiary/aromatic N) is 3. The molecule has 4 nitrogen and oxygen atoms in total. The largest absolute Gasteiger partial charge is 0.294 e. The highest BCUT2D eigenvalue weighted by molar-refractivity contribution is 6.32. The van der Waals surface area contributed by atoms with Crippen LogP contribution in [0.4, 0.5) is 0 Å². The van der Waals surface area contributed by atoms with Crippen molar-refractivity contribution in [1.82, 2.24) is 14.6 Å². The van der Waals surface area contributed by atoms with Crippen LogP contribution in [-0.4, -0.2) is 20.4 Å². The van der Waals surface area contributed by atoms with E-state index in [0.29, 0.717) is 16.2 Å². The summed E-state index contributed by atoms with van der Waals surface area (Å²) in [6, 6.07) is 0. The number of carbonyl (C=O) groups is 1. The minimum Gasteiger partial charge on any atom is -0.294 e. The third kappa shape index (κ3) is 1.19. The SMILES string of the molecule is CC(=O)c1cn2ncnc(Cl)c2c1C. The van der Waals surface area contributed by atoms with Crippen LogP contribution in [-0.2, 0) is 0 Å². The van der Waals surface area contributed by atoms with Gasteiger partial charge in [-0.3, -0.25) is 4.79 Å². The number of halogens is 1. The number of aryl methyl sites for hydroxylation is 1. The van der Waals surface area contributed by atoms with E-state index in [4.69, 9.17) is 11.6 Å². The molecule has 2 aromatic rings. The molecule has 0 aromatic carbocycles. The van der Waals surface area contributed by atoms with E-state index in [-0.39, 0.29) is 5.78 Å². The number of hydrogen-bond acceptors (Lipinski definition) is 3. The Bertz CT molecular complexity index is 518. The van der Waals surface area contributed by atoms with Gasteiger partial charge in [0.2, 0.25) is 0 Å². The van der Waals surface area contributed by atoms with E-state index in [9.17, 15) is 4.79 Å². The highest BCUT2D eigenvalue weighted by atomic mass is 35.5. The van der Waals surface area contributed by atoms with Crippen LogP contribution in [0.1, 0.15) is 22.8 Å². The number of hydrogen-bond donors (Lipinski definition) is 0. The van der Waals surface area contributed by atoms with Crippen LogP contribution in [0.25, 0.3) is 5.52 Å². The van der Waals surface area contributed by atoms with E-state index in [1.165, 1.54) is 13.3 Å². The first kappa shape index (κ1) is 9.15. The maximum atomic E-state index is 11.2. The van der Waals surface area contributed by atoms with Crippen LogP contribution in [0.15, 0.2) is 12.5 Å². The van der Waals surface area contributed by atoms with Crippen molar-refractivity contribution in [2.24, 2.45) is 0 Å². The summed E-state index contributed by atoms with van der Waals surface area (Å²) in [6.45, 7) is 3.35. The van der Waals surface area contributed by atoms with Gasteiger partial charge in [-0.1, -0.05) is 11.6 Å². The van der Waals surface area contributed by atoms with Crippen LogP contribution < -0.4 is 0 Å². The van der Waals surface area contributed by atoms with Crippen molar-refractivity contribution in [2.75, 3.05) is 0 Å². The molecule has 2 heterocycles. The zero-order valence-corrected chi connectivity index (χ0v) is 8.54. The molecule has 14 heavy (non-hydrogen) atoms. The third-order valence-corrected chi connectivity index (χ3v) is 2.44. The zero-order chi connectivity index (χ0) is 10.3. The van der Waals surface area contributed by atoms with Gasteiger partial charge in [0.25, 0.3) is 0 Å². The van der Waals surface area contributed by atoms with E-state index < -0.39 is 0 Å². The molecule has 0 N–H and O–H groups in total. The molecule has 72 valence electrons. The molecule has 0 atom stereocenters. The molecule has 2 rings (SSSR count). The highest BCUT2D eigenvalue weighted by Crippen LogP contribution is 2.22. The summed E-state index contributed by atoms with van der Waals surface area (Å²) in [7, 11) is 0. The molecule has 0 saturated carbocycles. The van der Waals surface area contributed by atoms with Crippen LogP contribution in [0.3, 0.4) is 0 Å². The smallest absolute Gasteiger partial charge is 0.161 e. The quantitative estimate of drug-likeness (QED) is 0.674. The van der Waals surface area contributed by atoms with Gasteiger partial charge in [0.1, 0.15) is 11.8 Å². The lowest BCUT2D eigenvalue weighted by Crippen LogP contribution is -1.91. The van der Waals surface area contributed by atoms with E-state index in [1.54, 1.807) is 10.7 Å². The molecule has 0 aliphatic heterocycles. The summed E-state index contributed by atoms with van der Waals surface area (Å²) in [6.07, 6.45) is 3.03. The van der Waals surface area contributed by atoms with Crippen molar-refractivity contribution in [3.8, 4) is 0 Å². The van der Waals surface area contributed by atoms with Crippen molar-refractivity contribution in [3.05, 3.63) is 28.8 Å². The Kier molecular flexibility index (Phi) is 2.00. The third-order valence-electron chi connectivity index (χ3n) is 2.16. The van der Waals surface area contributed by atoms with Crippen LogP contribution in [0.5, 0.6) is 0 Å². The molecule has 0 fully saturated rings. The molecule has 0 amide bonds. The summed E-state index contributed by atoms with van der Waals surface area (Å²) in [5.74, 6) is 0.00377. The van der Waals surface area contributed by atoms with Crippen LogP contribution in [0, 0.1) is 6.92 Å². The first-order valence-corrected chi connectivity index (χ1v) is 4.48. The first-order valence-electron chi connectivity index (χ1n) is 4.10. The number of fused-ring (bicyclic) bond motifs is 1. The molecule has 0 aliphatic carbocycles. The second kappa shape index (κ2) is 3.06. The number of aromatic nitrogens is 3. The summed E-state index contributed by atoms with van der Waals surface area (Å²) in [5, 5.41) is 4.34. The average molecular weight is 210 g/mol. The highest BCUT2D eigenvalue weighted by Gasteiger charge is 2.13. The van der Waals surface area contributed by atoms with Gasteiger partial charge in [-0.25, -0.2) is 9.50 Å². The molecular formula is C9H8ClN3O. The first-order chi connectivity index (χ1) is 6.61. The van der Waals surface area contributed by atoms with E-state index >= 15 is 0 Å². The number of carbonyl (C=O) groups excluding carboxylic acids is 1. The van der Waals surface area contributed by atoms with Crippen molar-refractivity contribution in [1.29, 1.82) is 0 Å². The van der Waals surface area contributed by atoms with Crippen molar-refractivity contribution in [3.63, 3.8) is 0 Å². The molecule has 0 radical (unpaired) electrons. The van der Waals surface area contributed by atoms with Crippen molar-refractivity contribution in [2.45, 2.75) is 13.8 Å². The molecule has 0 unspecified atom stereocenters. The normalized spacial score (nSPS) is 10.8. The van der Waals surface area contributed by atoms with Gasteiger partial charge in [0, 0.05) is 11.8 Å². The summed E-state index contributed by atoms with van der Waals surface area (Å²) in [5.41, 5.74) is 2.15. The van der Waals surface area contributed by atoms with E-state index in [1.807, 2.05) is 6.92 Å². The maximum absolute atomic E-state index is 11.2. The van der Waals surface area contributed by atoms with Gasteiger partial charge in [-0.15, -0.1) is 0 Å².